The van der Waals surface area contributed by atoms with Gasteiger partial charge in [-0.3, -0.25) is 4.79 Å². The van der Waals surface area contributed by atoms with Gasteiger partial charge in [-0.2, -0.15) is 0 Å². The summed E-state index contributed by atoms with van der Waals surface area (Å²) in [6.45, 7) is 12.3. The molecule has 0 aromatic rings. The van der Waals surface area contributed by atoms with Gasteiger partial charge in [-0.1, -0.05) is 6.92 Å². The van der Waals surface area contributed by atoms with Gasteiger partial charge in [-0.15, -0.1) is 0 Å². The van der Waals surface area contributed by atoms with E-state index in [1.54, 1.807) is 0 Å². The Morgan fingerprint density at radius 1 is 1.26 bits per heavy atom. The smallest absolute Gasteiger partial charge is 0.225 e. The van der Waals surface area contributed by atoms with E-state index in [4.69, 9.17) is 4.74 Å². The molecule has 2 rings (SSSR count). The summed E-state index contributed by atoms with van der Waals surface area (Å²) in [6.07, 6.45) is 0.878. The van der Waals surface area contributed by atoms with Gasteiger partial charge in [0.2, 0.25) is 5.91 Å². The Morgan fingerprint density at radius 3 is 2.32 bits per heavy atom. The number of rotatable bonds is 2. The van der Waals surface area contributed by atoms with Crippen molar-refractivity contribution < 1.29 is 9.53 Å². The lowest BCUT2D eigenvalue weighted by Crippen LogP contribution is -2.49. The second kappa shape index (κ2) is 4.74. The Hall–Kier alpha value is -0.610. The molecule has 110 valence electrons. The average Bonchev–Trinajstić information content (AvgIpc) is 2.63. The molecule has 3 atom stereocenters. The molecule has 4 heteroatoms. The molecule has 2 fully saturated rings. The topological polar surface area (TPSA) is 41.6 Å². The quantitative estimate of drug-likeness (QED) is 0.828. The standard InChI is InChI=1S/C15H28N2O2/c1-10-8-17(6)9-11(10)13(18)16-12-7-14(2,3)19-15(12,4)5/h10-12H,7-9H2,1-6H3,(H,16,18)/t10-,11+,12+/m1/s1. The highest BCUT2D eigenvalue weighted by molar-refractivity contribution is 5.80. The van der Waals surface area contributed by atoms with Crippen LogP contribution in [0, 0.1) is 11.8 Å². The van der Waals surface area contributed by atoms with Crippen LogP contribution in [0.4, 0.5) is 0 Å². The third kappa shape index (κ3) is 3.11. The molecule has 0 aliphatic carbocycles. The van der Waals surface area contributed by atoms with Crippen molar-refractivity contribution in [3.8, 4) is 0 Å². The molecule has 1 N–H and O–H groups in total. The van der Waals surface area contributed by atoms with Crippen LogP contribution in [-0.4, -0.2) is 48.2 Å². The maximum atomic E-state index is 12.5. The largest absolute Gasteiger partial charge is 0.367 e. The van der Waals surface area contributed by atoms with Gasteiger partial charge in [-0.25, -0.2) is 0 Å². The van der Waals surface area contributed by atoms with E-state index in [2.05, 4.69) is 51.9 Å². The average molecular weight is 268 g/mol. The molecule has 4 nitrogen and oxygen atoms in total. The van der Waals surface area contributed by atoms with Gasteiger partial charge in [0.05, 0.1) is 23.2 Å². The minimum atomic E-state index is -0.285. The normalized spacial score (nSPS) is 37.5. The number of hydrogen-bond acceptors (Lipinski definition) is 3. The monoisotopic (exact) mass is 268 g/mol. The second-order valence-electron chi connectivity index (χ2n) is 7.54. The molecule has 1 amide bonds. The van der Waals surface area contributed by atoms with Gasteiger partial charge in [0, 0.05) is 13.1 Å². The first-order chi connectivity index (χ1) is 8.61. The van der Waals surface area contributed by atoms with E-state index in [1.807, 2.05) is 0 Å². The molecule has 0 spiro atoms. The molecule has 2 heterocycles. The summed E-state index contributed by atoms with van der Waals surface area (Å²) < 4.78 is 6.04. The highest BCUT2D eigenvalue weighted by atomic mass is 16.5. The molecule has 0 unspecified atom stereocenters. The highest BCUT2D eigenvalue weighted by Crippen LogP contribution is 2.37. The van der Waals surface area contributed by atoms with Gasteiger partial charge >= 0.3 is 0 Å². The molecular weight excluding hydrogens is 240 g/mol. The molecule has 0 bridgehead atoms. The Kier molecular flexibility index (Phi) is 3.69. The van der Waals surface area contributed by atoms with E-state index < -0.39 is 0 Å². The molecule has 0 radical (unpaired) electrons. The molecule has 2 aliphatic heterocycles. The zero-order chi connectivity index (χ0) is 14.4. The number of nitrogens with zero attached hydrogens (tertiary/aromatic N) is 1. The van der Waals surface area contributed by atoms with Gasteiger partial charge in [0.1, 0.15) is 0 Å². The second-order valence-corrected chi connectivity index (χ2v) is 7.54. The summed E-state index contributed by atoms with van der Waals surface area (Å²) >= 11 is 0. The highest BCUT2D eigenvalue weighted by Gasteiger charge is 2.47. The number of nitrogens with one attached hydrogen (secondary N) is 1. The van der Waals surface area contributed by atoms with E-state index in [1.165, 1.54) is 0 Å². The molecule has 0 aromatic heterocycles. The summed E-state index contributed by atoms with van der Waals surface area (Å²) in [5, 5.41) is 3.23. The predicted octanol–water partition coefficient (Wildman–Crippen LogP) is 1.65. The Morgan fingerprint density at radius 2 is 1.89 bits per heavy atom. The van der Waals surface area contributed by atoms with Gasteiger partial charge in [0.25, 0.3) is 0 Å². The summed E-state index contributed by atoms with van der Waals surface area (Å²) in [5.41, 5.74) is -0.438. The van der Waals surface area contributed by atoms with Crippen LogP contribution in [0.2, 0.25) is 0 Å². The van der Waals surface area contributed by atoms with Crippen molar-refractivity contribution in [1.82, 2.24) is 10.2 Å². The number of ether oxygens (including phenoxy) is 1. The van der Waals surface area contributed by atoms with Crippen LogP contribution in [0.3, 0.4) is 0 Å². The van der Waals surface area contributed by atoms with Crippen molar-refractivity contribution in [2.45, 2.75) is 58.3 Å². The van der Waals surface area contributed by atoms with Crippen molar-refractivity contribution >= 4 is 5.91 Å². The third-order valence-electron chi connectivity index (χ3n) is 4.52. The van der Waals surface area contributed by atoms with Crippen LogP contribution in [0.5, 0.6) is 0 Å². The fourth-order valence-corrected chi connectivity index (χ4v) is 3.62. The minimum absolute atomic E-state index is 0.105. The molecular formula is C15H28N2O2. The van der Waals surface area contributed by atoms with E-state index in [-0.39, 0.29) is 29.1 Å². The van der Waals surface area contributed by atoms with Gasteiger partial charge < -0.3 is 15.0 Å². The van der Waals surface area contributed by atoms with Gasteiger partial charge in [0.15, 0.2) is 0 Å². The van der Waals surface area contributed by atoms with Crippen LogP contribution < -0.4 is 5.32 Å². The van der Waals surface area contributed by atoms with E-state index >= 15 is 0 Å². The molecule has 19 heavy (non-hydrogen) atoms. The summed E-state index contributed by atoms with van der Waals surface area (Å²) in [6, 6.07) is 0.105. The Balaban J connectivity index is 2.00. The lowest BCUT2D eigenvalue weighted by atomic mass is 9.92. The lowest BCUT2D eigenvalue weighted by Gasteiger charge is -2.29. The molecule has 0 saturated carbocycles. The minimum Gasteiger partial charge on any atom is -0.367 e. The van der Waals surface area contributed by atoms with Crippen molar-refractivity contribution in [3.05, 3.63) is 0 Å². The van der Waals surface area contributed by atoms with E-state index in [0.29, 0.717) is 5.92 Å². The maximum absolute atomic E-state index is 12.5. The SMILES string of the molecule is C[C@@H]1CN(C)C[C@@H]1C(=O)N[C@H]1CC(C)(C)OC1(C)C. The van der Waals surface area contributed by atoms with Crippen LogP contribution in [-0.2, 0) is 9.53 Å². The first kappa shape index (κ1) is 14.8. The van der Waals surface area contributed by atoms with Crippen LogP contribution in [0.15, 0.2) is 0 Å². The molecule has 0 aromatic carbocycles. The van der Waals surface area contributed by atoms with Crippen LogP contribution >= 0.6 is 0 Å². The summed E-state index contributed by atoms with van der Waals surface area (Å²) in [7, 11) is 2.08. The number of hydrogen-bond donors (Lipinski definition) is 1. The Labute approximate surface area is 116 Å². The van der Waals surface area contributed by atoms with Crippen molar-refractivity contribution in [2.75, 3.05) is 20.1 Å². The predicted molar refractivity (Wildman–Crippen MR) is 75.9 cm³/mol. The lowest BCUT2D eigenvalue weighted by molar-refractivity contribution is -0.128. The van der Waals surface area contributed by atoms with Crippen LogP contribution in [0.25, 0.3) is 0 Å². The first-order valence-corrected chi connectivity index (χ1v) is 7.30. The van der Waals surface area contributed by atoms with Crippen molar-refractivity contribution in [3.63, 3.8) is 0 Å². The van der Waals surface area contributed by atoms with Crippen molar-refractivity contribution in [2.24, 2.45) is 11.8 Å². The molecule has 2 aliphatic rings. The fraction of sp³-hybridized carbons (Fsp3) is 0.933. The number of amides is 1. The van der Waals surface area contributed by atoms with E-state index in [9.17, 15) is 4.79 Å². The molecule has 2 saturated heterocycles. The number of carbonyl (C=O) groups is 1. The maximum Gasteiger partial charge on any atom is 0.225 e. The summed E-state index contributed by atoms with van der Waals surface area (Å²) in [4.78, 5) is 14.7. The fourth-order valence-electron chi connectivity index (χ4n) is 3.62. The van der Waals surface area contributed by atoms with Gasteiger partial charge in [-0.05, 0) is 47.1 Å². The number of likely N-dealkylation sites (tertiary alicyclic amines) is 1. The number of carbonyl (C=O) groups excluding carboxylic acids is 1. The third-order valence-corrected chi connectivity index (χ3v) is 4.52. The Bertz CT molecular complexity index is 365. The zero-order valence-electron chi connectivity index (χ0n) is 13.1. The summed E-state index contributed by atoms with van der Waals surface area (Å²) in [5.74, 6) is 0.740. The zero-order valence-corrected chi connectivity index (χ0v) is 13.1. The van der Waals surface area contributed by atoms with Crippen molar-refractivity contribution in [1.29, 1.82) is 0 Å². The van der Waals surface area contributed by atoms with E-state index in [0.717, 1.165) is 19.5 Å². The van der Waals surface area contributed by atoms with Crippen LogP contribution in [0.1, 0.15) is 41.0 Å². The first-order valence-electron chi connectivity index (χ1n) is 7.30.